The summed E-state index contributed by atoms with van der Waals surface area (Å²) in [5.41, 5.74) is 0.294. The number of nitrogens with one attached hydrogen (secondary N) is 1. The Balaban J connectivity index is 2.03. The van der Waals surface area contributed by atoms with Gasteiger partial charge in [-0.25, -0.2) is 9.18 Å². The second-order valence-electron chi connectivity index (χ2n) is 6.32. The van der Waals surface area contributed by atoms with Crippen LogP contribution in [0.15, 0.2) is 48.5 Å². The van der Waals surface area contributed by atoms with Crippen molar-refractivity contribution in [1.82, 2.24) is 5.32 Å². The van der Waals surface area contributed by atoms with E-state index in [2.05, 4.69) is 5.32 Å². The predicted octanol–water partition coefficient (Wildman–Crippen LogP) is 3.67. The highest BCUT2D eigenvalue weighted by Gasteiger charge is 2.23. The van der Waals surface area contributed by atoms with Crippen LogP contribution in [-0.4, -0.2) is 22.5 Å². The molecule has 0 aromatic heterocycles. The van der Waals surface area contributed by atoms with Gasteiger partial charge in [-0.05, 0) is 50.5 Å². The van der Waals surface area contributed by atoms with E-state index in [1.54, 1.807) is 0 Å². The van der Waals surface area contributed by atoms with Gasteiger partial charge in [-0.15, -0.1) is 0 Å². The van der Waals surface area contributed by atoms with Crippen molar-refractivity contribution in [2.75, 3.05) is 0 Å². The fourth-order valence-electron chi connectivity index (χ4n) is 2.37. The van der Waals surface area contributed by atoms with Gasteiger partial charge in [0.2, 0.25) is 0 Å². The highest BCUT2D eigenvalue weighted by molar-refractivity contribution is 5.96. The molecular weight excluding hydrogens is 309 g/mol. The number of rotatable bonds is 6. The maximum atomic E-state index is 14.0. The van der Waals surface area contributed by atoms with Crippen LogP contribution in [0.2, 0.25) is 0 Å². The van der Waals surface area contributed by atoms with Crippen molar-refractivity contribution >= 4 is 11.9 Å². The third-order valence-electron chi connectivity index (χ3n) is 3.79. The SMILES string of the molecule is CC(C)(CCc1ccccc1)NC(=O)c1ccc(C(=O)O)cc1F. The summed E-state index contributed by atoms with van der Waals surface area (Å²) in [5, 5.41) is 11.6. The third kappa shape index (κ3) is 4.65. The van der Waals surface area contributed by atoms with Crippen molar-refractivity contribution < 1.29 is 19.1 Å². The first kappa shape index (κ1) is 17.7. The number of carboxylic acids is 1. The summed E-state index contributed by atoms with van der Waals surface area (Å²) in [7, 11) is 0. The zero-order valence-electron chi connectivity index (χ0n) is 13.7. The maximum Gasteiger partial charge on any atom is 0.335 e. The highest BCUT2D eigenvalue weighted by Crippen LogP contribution is 2.16. The Labute approximate surface area is 140 Å². The van der Waals surface area contributed by atoms with E-state index in [0.717, 1.165) is 18.1 Å². The van der Waals surface area contributed by atoms with E-state index in [4.69, 9.17) is 5.11 Å². The van der Waals surface area contributed by atoms with Gasteiger partial charge in [-0.1, -0.05) is 30.3 Å². The Kier molecular flexibility index (Phi) is 5.34. The lowest BCUT2D eigenvalue weighted by molar-refractivity contribution is 0.0695. The van der Waals surface area contributed by atoms with E-state index >= 15 is 0 Å². The van der Waals surface area contributed by atoms with Crippen LogP contribution in [-0.2, 0) is 6.42 Å². The van der Waals surface area contributed by atoms with Crippen LogP contribution in [0.5, 0.6) is 0 Å². The molecule has 0 heterocycles. The molecule has 126 valence electrons. The molecule has 0 aliphatic rings. The molecule has 0 aliphatic heterocycles. The second-order valence-corrected chi connectivity index (χ2v) is 6.32. The normalized spacial score (nSPS) is 11.1. The number of amides is 1. The van der Waals surface area contributed by atoms with Gasteiger partial charge in [0.25, 0.3) is 5.91 Å². The summed E-state index contributed by atoms with van der Waals surface area (Å²) in [5.74, 6) is -2.63. The summed E-state index contributed by atoms with van der Waals surface area (Å²) in [6.45, 7) is 3.74. The Morgan fingerprint density at radius 1 is 1.12 bits per heavy atom. The first-order valence-electron chi connectivity index (χ1n) is 7.68. The number of carbonyl (C=O) groups excluding carboxylic acids is 1. The van der Waals surface area contributed by atoms with Gasteiger partial charge in [0.1, 0.15) is 5.82 Å². The second kappa shape index (κ2) is 7.25. The van der Waals surface area contributed by atoms with Crippen LogP contribution in [0.3, 0.4) is 0 Å². The van der Waals surface area contributed by atoms with Crippen LogP contribution >= 0.6 is 0 Å². The minimum atomic E-state index is -1.23. The van der Waals surface area contributed by atoms with Crippen molar-refractivity contribution in [3.05, 3.63) is 71.0 Å². The molecule has 4 nitrogen and oxygen atoms in total. The van der Waals surface area contributed by atoms with Crippen LogP contribution in [0.25, 0.3) is 0 Å². The van der Waals surface area contributed by atoms with Crippen LogP contribution in [0.1, 0.15) is 46.5 Å². The van der Waals surface area contributed by atoms with Crippen molar-refractivity contribution in [2.24, 2.45) is 0 Å². The van der Waals surface area contributed by atoms with Gasteiger partial charge in [0, 0.05) is 5.54 Å². The van der Waals surface area contributed by atoms with Crippen molar-refractivity contribution in [3.8, 4) is 0 Å². The number of hydrogen-bond donors (Lipinski definition) is 2. The average Bonchev–Trinajstić information content (AvgIpc) is 2.53. The molecule has 0 saturated heterocycles. The van der Waals surface area contributed by atoms with Crippen molar-refractivity contribution in [3.63, 3.8) is 0 Å². The lowest BCUT2D eigenvalue weighted by Gasteiger charge is -2.26. The standard InChI is InChI=1S/C19H20FNO3/c1-19(2,11-10-13-6-4-3-5-7-13)21-17(22)15-9-8-14(18(23)24)12-16(15)20/h3-9,12H,10-11H2,1-2H3,(H,21,22)(H,23,24). The molecule has 0 saturated carbocycles. The summed E-state index contributed by atoms with van der Waals surface area (Å²) >= 11 is 0. The van der Waals surface area contributed by atoms with Gasteiger partial charge < -0.3 is 10.4 Å². The first-order valence-corrected chi connectivity index (χ1v) is 7.68. The quantitative estimate of drug-likeness (QED) is 0.850. The third-order valence-corrected chi connectivity index (χ3v) is 3.79. The lowest BCUT2D eigenvalue weighted by atomic mass is 9.94. The fourth-order valence-corrected chi connectivity index (χ4v) is 2.37. The maximum absolute atomic E-state index is 14.0. The van der Waals surface area contributed by atoms with Gasteiger partial charge in [0.15, 0.2) is 0 Å². The molecule has 2 aromatic rings. The van der Waals surface area contributed by atoms with E-state index in [1.165, 1.54) is 12.1 Å². The molecule has 0 spiro atoms. The lowest BCUT2D eigenvalue weighted by Crippen LogP contribution is -2.44. The zero-order valence-corrected chi connectivity index (χ0v) is 13.7. The van der Waals surface area contributed by atoms with Gasteiger partial charge in [0.05, 0.1) is 11.1 Å². The molecular formula is C19H20FNO3. The topological polar surface area (TPSA) is 66.4 Å². The number of hydrogen-bond acceptors (Lipinski definition) is 2. The van der Waals surface area contributed by atoms with Gasteiger partial charge >= 0.3 is 5.97 Å². The number of aryl methyl sites for hydroxylation is 1. The molecule has 0 radical (unpaired) electrons. The molecule has 2 rings (SSSR count). The monoisotopic (exact) mass is 329 g/mol. The van der Waals surface area contributed by atoms with E-state index in [0.29, 0.717) is 6.42 Å². The molecule has 2 aromatic carbocycles. The van der Waals surface area contributed by atoms with Crippen LogP contribution in [0.4, 0.5) is 4.39 Å². The molecule has 1 amide bonds. The Morgan fingerprint density at radius 3 is 2.38 bits per heavy atom. The number of benzene rings is 2. The van der Waals surface area contributed by atoms with E-state index in [9.17, 15) is 14.0 Å². The number of carbonyl (C=O) groups is 2. The predicted molar refractivity (Wildman–Crippen MR) is 89.7 cm³/mol. The van der Waals surface area contributed by atoms with Gasteiger partial charge in [-0.2, -0.15) is 0 Å². The van der Waals surface area contributed by atoms with E-state index in [-0.39, 0.29) is 11.1 Å². The molecule has 2 N–H and O–H groups in total. The molecule has 0 bridgehead atoms. The van der Waals surface area contributed by atoms with E-state index in [1.807, 2.05) is 44.2 Å². The summed E-state index contributed by atoms with van der Waals surface area (Å²) in [6, 6.07) is 13.2. The summed E-state index contributed by atoms with van der Waals surface area (Å²) in [4.78, 5) is 23.1. The van der Waals surface area contributed by atoms with Gasteiger partial charge in [-0.3, -0.25) is 4.79 Å². The molecule has 0 fully saturated rings. The Morgan fingerprint density at radius 2 is 1.79 bits per heavy atom. The minimum Gasteiger partial charge on any atom is -0.478 e. The molecule has 24 heavy (non-hydrogen) atoms. The van der Waals surface area contributed by atoms with E-state index < -0.39 is 23.2 Å². The Bertz CT molecular complexity index is 742. The number of halogens is 1. The van der Waals surface area contributed by atoms with Crippen LogP contribution in [0, 0.1) is 5.82 Å². The molecule has 0 aliphatic carbocycles. The molecule has 0 unspecified atom stereocenters. The highest BCUT2D eigenvalue weighted by atomic mass is 19.1. The van der Waals surface area contributed by atoms with Crippen molar-refractivity contribution in [1.29, 1.82) is 0 Å². The largest absolute Gasteiger partial charge is 0.478 e. The molecule has 0 atom stereocenters. The summed E-state index contributed by atoms with van der Waals surface area (Å²) in [6.07, 6.45) is 1.48. The smallest absolute Gasteiger partial charge is 0.335 e. The first-order chi connectivity index (χ1) is 11.3. The fraction of sp³-hybridized carbons (Fsp3) is 0.263. The van der Waals surface area contributed by atoms with Crippen molar-refractivity contribution in [2.45, 2.75) is 32.2 Å². The number of aromatic carboxylic acids is 1. The summed E-state index contributed by atoms with van der Waals surface area (Å²) < 4.78 is 14.0. The Hall–Kier alpha value is -2.69. The minimum absolute atomic E-state index is 0.159. The van der Waals surface area contributed by atoms with Crippen LogP contribution < -0.4 is 5.32 Å². The average molecular weight is 329 g/mol. The molecule has 5 heteroatoms. The zero-order chi connectivity index (χ0) is 17.7. The number of carboxylic acid groups (broad SMARTS) is 1.